The minimum absolute atomic E-state index is 0.0800. The van der Waals surface area contributed by atoms with Crippen molar-refractivity contribution in [2.24, 2.45) is 11.8 Å². The molecule has 2 atom stereocenters. The van der Waals surface area contributed by atoms with Gasteiger partial charge in [0.1, 0.15) is 6.61 Å². The van der Waals surface area contributed by atoms with Gasteiger partial charge >= 0.3 is 0 Å². The Kier molecular flexibility index (Phi) is 4.81. The third-order valence-corrected chi connectivity index (χ3v) is 4.04. The number of piperidine rings is 1. The average molecular weight is 271 g/mol. The van der Waals surface area contributed by atoms with Gasteiger partial charge in [-0.1, -0.05) is 31.8 Å². The standard InChI is InChI=1S/C17H21NO2/c1-13-8-9-18(12-14(13)2)17(20)16-7-3-5-15(11-16)6-4-10-19/h3,5,7,11,13-14,19H,8-10,12H2,1-2H3. The lowest BCUT2D eigenvalue weighted by Crippen LogP contribution is -2.42. The van der Waals surface area contributed by atoms with E-state index < -0.39 is 0 Å². The first kappa shape index (κ1) is 14.6. The molecule has 0 spiro atoms. The van der Waals surface area contributed by atoms with Crippen LogP contribution in [0.1, 0.15) is 36.2 Å². The molecule has 1 fully saturated rings. The van der Waals surface area contributed by atoms with Gasteiger partial charge in [0.2, 0.25) is 0 Å². The van der Waals surface area contributed by atoms with Crippen molar-refractivity contribution < 1.29 is 9.90 Å². The van der Waals surface area contributed by atoms with E-state index in [0.29, 0.717) is 17.4 Å². The topological polar surface area (TPSA) is 40.5 Å². The molecule has 1 amide bonds. The van der Waals surface area contributed by atoms with Crippen LogP contribution in [0.2, 0.25) is 0 Å². The molecule has 0 saturated carbocycles. The number of rotatable bonds is 1. The van der Waals surface area contributed by atoms with Crippen molar-refractivity contribution in [3.05, 3.63) is 35.4 Å². The van der Waals surface area contributed by atoms with Crippen molar-refractivity contribution in [3.63, 3.8) is 0 Å². The monoisotopic (exact) mass is 271 g/mol. The van der Waals surface area contributed by atoms with Crippen LogP contribution >= 0.6 is 0 Å². The molecule has 1 aliphatic heterocycles. The maximum absolute atomic E-state index is 12.5. The lowest BCUT2D eigenvalue weighted by atomic mass is 9.88. The molecule has 3 nitrogen and oxygen atoms in total. The molecule has 0 radical (unpaired) electrons. The van der Waals surface area contributed by atoms with E-state index in [1.807, 2.05) is 23.1 Å². The highest BCUT2D eigenvalue weighted by Crippen LogP contribution is 2.23. The van der Waals surface area contributed by atoms with Gasteiger partial charge in [-0.15, -0.1) is 0 Å². The van der Waals surface area contributed by atoms with E-state index in [0.717, 1.165) is 25.1 Å². The summed E-state index contributed by atoms with van der Waals surface area (Å²) >= 11 is 0. The summed E-state index contributed by atoms with van der Waals surface area (Å²) < 4.78 is 0. The molecule has 3 heteroatoms. The van der Waals surface area contributed by atoms with Crippen LogP contribution in [0.3, 0.4) is 0 Å². The second-order valence-corrected chi connectivity index (χ2v) is 5.54. The first-order valence-electron chi connectivity index (χ1n) is 7.11. The number of aliphatic hydroxyl groups is 1. The molecule has 2 unspecified atom stereocenters. The summed E-state index contributed by atoms with van der Waals surface area (Å²) in [4.78, 5) is 14.4. The van der Waals surface area contributed by atoms with Crippen LogP contribution in [-0.4, -0.2) is 35.6 Å². The fraction of sp³-hybridized carbons (Fsp3) is 0.471. The van der Waals surface area contributed by atoms with Crippen molar-refractivity contribution in [1.82, 2.24) is 4.90 Å². The Morgan fingerprint density at radius 3 is 2.90 bits per heavy atom. The highest BCUT2D eigenvalue weighted by molar-refractivity contribution is 5.94. The van der Waals surface area contributed by atoms with E-state index in [-0.39, 0.29) is 12.5 Å². The van der Waals surface area contributed by atoms with Crippen molar-refractivity contribution in [1.29, 1.82) is 0 Å². The normalized spacial score (nSPS) is 22.1. The lowest BCUT2D eigenvalue weighted by Gasteiger charge is -2.35. The number of likely N-dealkylation sites (tertiary alicyclic amines) is 1. The molecule has 1 aromatic rings. The molecule has 0 bridgehead atoms. The molecule has 2 rings (SSSR count). The van der Waals surface area contributed by atoms with Gasteiger partial charge in [-0.2, -0.15) is 0 Å². The van der Waals surface area contributed by atoms with E-state index in [4.69, 9.17) is 5.11 Å². The van der Waals surface area contributed by atoms with Crippen molar-refractivity contribution in [2.45, 2.75) is 20.3 Å². The minimum atomic E-state index is -0.167. The number of nitrogens with zero attached hydrogens (tertiary/aromatic N) is 1. The van der Waals surface area contributed by atoms with Gasteiger partial charge < -0.3 is 10.0 Å². The van der Waals surface area contributed by atoms with Gasteiger partial charge in [-0.05, 0) is 36.5 Å². The molecule has 1 aliphatic rings. The fourth-order valence-electron chi connectivity index (χ4n) is 2.50. The summed E-state index contributed by atoms with van der Waals surface area (Å²) in [5.41, 5.74) is 1.44. The number of hydrogen-bond donors (Lipinski definition) is 1. The fourth-order valence-corrected chi connectivity index (χ4v) is 2.50. The predicted octanol–water partition coefficient (Wildman–Crippen LogP) is 2.15. The Labute approximate surface area is 120 Å². The molecule has 1 N–H and O–H groups in total. The van der Waals surface area contributed by atoms with Crippen molar-refractivity contribution in [2.75, 3.05) is 19.7 Å². The maximum Gasteiger partial charge on any atom is 0.253 e. The summed E-state index contributed by atoms with van der Waals surface area (Å²) in [6.07, 6.45) is 1.07. The van der Waals surface area contributed by atoms with Crippen LogP contribution in [0, 0.1) is 23.7 Å². The Balaban J connectivity index is 2.13. The third kappa shape index (κ3) is 3.40. The van der Waals surface area contributed by atoms with Crippen LogP contribution in [0.25, 0.3) is 0 Å². The minimum Gasteiger partial charge on any atom is -0.384 e. The molecule has 1 aromatic carbocycles. The van der Waals surface area contributed by atoms with Gasteiger partial charge in [-0.25, -0.2) is 0 Å². The summed E-state index contributed by atoms with van der Waals surface area (Å²) in [5.74, 6) is 6.75. The zero-order valence-corrected chi connectivity index (χ0v) is 12.1. The molecule has 20 heavy (non-hydrogen) atoms. The Morgan fingerprint density at radius 2 is 2.20 bits per heavy atom. The second-order valence-electron chi connectivity index (χ2n) is 5.54. The van der Waals surface area contributed by atoms with E-state index >= 15 is 0 Å². The van der Waals surface area contributed by atoms with Gasteiger partial charge in [0.05, 0.1) is 0 Å². The summed E-state index contributed by atoms with van der Waals surface area (Å²) in [5, 5.41) is 8.72. The molecule has 106 valence electrons. The highest BCUT2D eigenvalue weighted by Gasteiger charge is 2.26. The Bertz CT molecular complexity index is 541. The number of aliphatic hydroxyl groups excluding tert-OH is 1. The van der Waals surface area contributed by atoms with Crippen LogP contribution in [0.15, 0.2) is 24.3 Å². The Morgan fingerprint density at radius 1 is 1.40 bits per heavy atom. The molecular weight excluding hydrogens is 250 g/mol. The van der Waals surface area contributed by atoms with Crippen LogP contribution in [-0.2, 0) is 0 Å². The number of carbonyl (C=O) groups is 1. The maximum atomic E-state index is 12.5. The second kappa shape index (κ2) is 6.58. The van der Waals surface area contributed by atoms with E-state index in [2.05, 4.69) is 25.7 Å². The van der Waals surface area contributed by atoms with Gasteiger partial charge in [0.15, 0.2) is 0 Å². The summed E-state index contributed by atoms with van der Waals surface area (Å²) in [6.45, 7) is 5.94. The van der Waals surface area contributed by atoms with Gasteiger partial charge in [-0.3, -0.25) is 4.79 Å². The number of amides is 1. The summed E-state index contributed by atoms with van der Waals surface area (Å²) in [7, 11) is 0. The largest absolute Gasteiger partial charge is 0.384 e. The first-order chi connectivity index (χ1) is 9.61. The molecule has 1 saturated heterocycles. The van der Waals surface area contributed by atoms with Crippen molar-refractivity contribution >= 4 is 5.91 Å². The molecule has 1 heterocycles. The van der Waals surface area contributed by atoms with E-state index in [9.17, 15) is 4.79 Å². The number of hydrogen-bond acceptors (Lipinski definition) is 2. The SMILES string of the molecule is CC1CCN(C(=O)c2cccc(C#CCO)c2)CC1C. The molecular formula is C17H21NO2. The van der Waals surface area contributed by atoms with E-state index in [1.165, 1.54) is 0 Å². The van der Waals surface area contributed by atoms with Gasteiger partial charge in [0.25, 0.3) is 5.91 Å². The Hall–Kier alpha value is -1.79. The quantitative estimate of drug-likeness (QED) is 0.795. The van der Waals surface area contributed by atoms with Gasteiger partial charge in [0, 0.05) is 24.2 Å². The molecule has 0 aromatic heterocycles. The lowest BCUT2D eigenvalue weighted by molar-refractivity contribution is 0.0627. The van der Waals surface area contributed by atoms with E-state index in [1.54, 1.807) is 6.07 Å². The zero-order chi connectivity index (χ0) is 14.5. The average Bonchev–Trinajstić information content (AvgIpc) is 2.47. The molecule has 0 aliphatic carbocycles. The third-order valence-electron chi connectivity index (χ3n) is 4.04. The van der Waals surface area contributed by atoms with Crippen LogP contribution in [0.4, 0.5) is 0 Å². The smallest absolute Gasteiger partial charge is 0.253 e. The number of benzene rings is 1. The zero-order valence-electron chi connectivity index (χ0n) is 12.1. The number of carbonyl (C=O) groups excluding carboxylic acids is 1. The highest BCUT2D eigenvalue weighted by atomic mass is 16.2. The predicted molar refractivity (Wildman–Crippen MR) is 79.3 cm³/mol. The van der Waals surface area contributed by atoms with Crippen molar-refractivity contribution in [3.8, 4) is 11.8 Å². The van der Waals surface area contributed by atoms with Crippen LogP contribution in [0.5, 0.6) is 0 Å². The van der Waals surface area contributed by atoms with Crippen LogP contribution < -0.4 is 0 Å². The first-order valence-corrected chi connectivity index (χ1v) is 7.11. The summed E-state index contributed by atoms with van der Waals surface area (Å²) in [6, 6.07) is 7.31.